The van der Waals surface area contributed by atoms with E-state index in [1.807, 2.05) is 30.3 Å². The summed E-state index contributed by atoms with van der Waals surface area (Å²) in [4.78, 5) is 15.6. The highest BCUT2D eigenvalue weighted by atomic mass is 19.3. The summed E-state index contributed by atoms with van der Waals surface area (Å²) in [7, 11) is 0. The summed E-state index contributed by atoms with van der Waals surface area (Å²) < 4.78 is 67.0. The third-order valence-electron chi connectivity index (χ3n) is 4.99. The number of carbonyl (C=O) groups is 1. The van der Waals surface area contributed by atoms with Crippen LogP contribution in [0.1, 0.15) is 35.3 Å². The quantitative estimate of drug-likeness (QED) is 0.200. The molecule has 3 aromatic carbocycles. The van der Waals surface area contributed by atoms with E-state index in [1.54, 1.807) is 6.92 Å². The molecular formula is C25H22F4O4. The first kappa shape index (κ1) is 24.4. The molecule has 33 heavy (non-hydrogen) atoms. The average Bonchev–Trinajstić information content (AvgIpc) is 2.81. The van der Waals surface area contributed by atoms with E-state index in [0.29, 0.717) is 12.0 Å². The van der Waals surface area contributed by atoms with Crippen LogP contribution in [0.2, 0.25) is 0 Å². The minimum absolute atomic E-state index is 0.00634. The Bertz CT molecular complexity index is 1100. The molecule has 1 unspecified atom stereocenters. The van der Waals surface area contributed by atoms with E-state index in [-0.39, 0.29) is 30.1 Å². The van der Waals surface area contributed by atoms with Gasteiger partial charge in [-0.05, 0) is 64.4 Å². The van der Waals surface area contributed by atoms with Gasteiger partial charge in [-0.3, -0.25) is 4.79 Å². The van der Waals surface area contributed by atoms with Crippen LogP contribution in [0.3, 0.4) is 0 Å². The third-order valence-corrected chi connectivity index (χ3v) is 4.99. The van der Waals surface area contributed by atoms with Gasteiger partial charge >= 0.3 is 0 Å². The molecule has 8 heteroatoms. The maximum absolute atomic E-state index is 14.8. The lowest BCUT2D eigenvalue weighted by Gasteiger charge is -2.15. The molecule has 0 saturated carbocycles. The molecule has 0 saturated heterocycles. The average molecular weight is 462 g/mol. The number of Topliss-reactive ketones (excluding diaryl/α,β-unsaturated/α-hetero) is 1. The van der Waals surface area contributed by atoms with Gasteiger partial charge < -0.3 is 9.47 Å². The van der Waals surface area contributed by atoms with Gasteiger partial charge in [0.2, 0.25) is 5.78 Å². The summed E-state index contributed by atoms with van der Waals surface area (Å²) in [5.74, 6) is -4.53. The molecule has 0 bridgehead atoms. The fourth-order valence-electron chi connectivity index (χ4n) is 3.38. The summed E-state index contributed by atoms with van der Waals surface area (Å²) in [6, 6.07) is 13.6. The number of halogens is 4. The van der Waals surface area contributed by atoms with Crippen LogP contribution in [-0.4, -0.2) is 18.7 Å². The van der Waals surface area contributed by atoms with Crippen LogP contribution >= 0.6 is 0 Å². The molecule has 1 atom stereocenters. The Hall–Kier alpha value is -3.23. The molecule has 3 rings (SSSR count). The fourth-order valence-corrected chi connectivity index (χ4v) is 3.38. The molecular weight excluding hydrogens is 440 g/mol. The lowest BCUT2D eigenvalue weighted by molar-refractivity contribution is -0.248. The van der Waals surface area contributed by atoms with Crippen LogP contribution in [0.4, 0.5) is 17.7 Å². The van der Waals surface area contributed by atoms with E-state index in [0.717, 1.165) is 23.8 Å². The number of benzene rings is 3. The lowest BCUT2D eigenvalue weighted by atomic mass is 9.95. The highest BCUT2D eigenvalue weighted by Crippen LogP contribution is 2.33. The van der Waals surface area contributed by atoms with Crippen molar-refractivity contribution in [1.29, 1.82) is 0 Å². The minimum Gasteiger partial charge on any atom is -0.486 e. The van der Waals surface area contributed by atoms with Crippen molar-refractivity contribution in [2.24, 2.45) is 0 Å². The minimum atomic E-state index is -2.09. The normalized spacial score (nSPS) is 11.9. The largest absolute Gasteiger partial charge is 0.486 e. The van der Waals surface area contributed by atoms with Gasteiger partial charge in [0, 0.05) is 6.61 Å². The van der Waals surface area contributed by atoms with Crippen molar-refractivity contribution >= 4 is 5.78 Å². The molecule has 0 fully saturated rings. The van der Waals surface area contributed by atoms with Crippen LogP contribution < -0.4 is 4.74 Å². The van der Waals surface area contributed by atoms with E-state index < -0.39 is 35.1 Å². The monoisotopic (exact) mass is 462 g/mol. The molecule has 0 amide bonds. The van der Waals surface area contributed by atoms with E-state index in [4.69, 9.17) is 9.47 Å². The zero-order chi connectivity index (χ0) is 24.0. The van der Waals surface area contributed by atoms with E-state index in [2.05, 4.69) is 4.94 Å². The SMILES string of the molecule is CCOC(OF)C(=O)c1c(F)cc(-c2cc(F)c(OCc3ccccc3)cc2CC)cc1F. The number of rotatable bonds is 10. The Morgan fingerprint density at radius 3 is 2.18 bits per heavy atom. The van der Waals surface area contributed by atoms with Crippen LogP contribution in [0.25, 0.3) is 11.1 Å². The highest BCUT2D eigenvalue weighted by Gasteiger charge is 2.29. The Labute approximate surface area is 188 Å². The summed E-state index contributed by atoms with van der Waals surface area (Å²) in [5.41, 5.74) is 0.682. The van der Waals surface area contributed by atoms with E-state index in [9.17, 15) is 22.5 Å². The molecule has 0 aromatic heterocycles. The number of ether oxygens (including phenoxy) is 2. The Morgan fingerprint density at radius 1 is 0.939 bits per heavy atom. The van der Waals surface area contributed by atoms with Crippen LogP contribution in [-0.2, 0) is 22.7 Å². The van der Waals surface area contributed by atoms with E-state index in [1.165, 1.54) is 13.0 Å². The Balaban J connectivity index is 1.94. The predicted molar refractivity (Wildman–Crippen MR) is 114 cm³/mol. The van der Waals surface area contributed by atoms with Gasteiger partial charge in [0.1, 0.15) is 18.2 Å². The first-order chi connectivity index (χ1) is 15.9. The molecule has 3 aromatic rings. The van der Waals surface area contributed by atoms with Crippen molar-refractivity contribution < 1.29 is 36.9 Å². The van der Waals surface area contributed by atoms with Gasteiger partial charge in [0.05, 0.1) is 5.56 Å². The number of carbonyl (C=O) groups excluding carboxylic acids is 1. The van der Waals surface area contributed by atoms with Crippen molar-refractivity contribution in [1.82, 2.24) is 0 Å². The number of hydrogen-bond donors (Lipinski definition) is 0. The van der Waals surface area contributed by atoms with E-state index >= 15 is 0 Å². The van der Waals surface area contributed by atoms with Crippen LogP contribution in [0, 0.1) is 17.5 Å². The molecule has 174 valence electrons. The van der Waals surface area contributed by atoms with Crippen molar-refractivity contribution in [2.75, 3.05) is 6.61 Å². The fraction of sp³-hybridized carbons (Fsp3) is 0.240. The molecule has 0 spiro atoms. The second kappa shape index (κ2) is 11.1. The molecule has 0 aliphatic heterocycles. The molecule has 0 N–H and O–H groups in total. The van der Waals surface area contributed by atoms with Crippen LogP contribution in [0.15, 0.2) is 54.6 Å². The maximum Gasteiger partial charge on any atom is 0.260 e. The topological polar surface area (TPSA) is 44.8 Å². The molecule has 0 radical (unpaired) electrons. The number of aryl methyl sites for hydroxylation is 1. The lowest BCUT2D eigenvalue weighted by Crippen LogP contribution is -2.27. The predicted octanol–water partition coefficient (Wildman–Crippen LogP) is 6.36. The first-order valence-corrected chi connectivity index (χ1v) is 10.3. The number of ketones is 1. The second-order valence-electron chi connectivity index (χ2n) is 7.12. The molecule has 0 heterocycles. The maximum atomic E-state index is 14.8. The van der Waals surface area contributed by atoms with Gasteiger partial charge in [-0.15, -0.1) is 0 Å². The van der Waals surface area contributed by atoms with Crippen molar-refractivity contribution in [2.45, 2.75) is 33.2 Å². The molecule has 4 nitrogen and oxygen atoms in total. The molecule has 0 aliphatic carbocycles. The van der Waals surface area contributed by atoms with Gasteiger partial charge in [-0.25, -0.2) is 13.2 Å². The van der Waals surface area contributed by atoms with Crippen molar-refractivity contribution in [3.63, 3.8) is 0 Å². The number of hydrogen-bond acceptors (Lipinski definition) is 4. The Kier molecular flexibility index (Phi) is 8.19. The van der Waals surface area contributed by atoms with Crippen molar-refractivity contribution in [3.05, 3.63) is 88.7 Å². The standard InChI is InChI=1S/C25H22F4O4/c1-3-16-12-22(32-14-15-8-6-5-7-9-15)19(26)13-18(16)17-10-20(27)23(21(28)11-17)24(30)25(33-29)31-4-2/h5-13,25H,3-4,14H2,1-2H3. The summed E-state index contributed by atoms with van der Waals surface area (Å²) in [6.07, 6.45) is -1.67. The van der Waals surface area contributed by atoms with Crippen molar-refractivity contribution in [3.8, 4) is 16.9 Å². The first-order valence-electron chi connectivity index (χ1n) is 10.3. The van der Waals surface area contributed by atoms with Gasteiger partial charge in [0.15, 0.2) is 11.6 Å². The third kappa shape index (κ3) is 5.58. The van der Waals surface area contributed by atoms with Gasteiger partial charge in [-0.2, -0.15) is 4.94 Å². The molecule has 0 aliphatic rings. The summed E-state index contributed by atoms with van der Waals surface area (Å²) in [6.45, 7) is 3.30. The van der Waals surface area contributed by atoms with Crippen LogP contribution in [0.5, 0.6) is 5.75 Å². The van der Waals surface area contributed by atoms with Gasteiger partial charge in [-0.1, -0.05) is 37.3 Å². The second-order valence-corrected chi connectivity index (χ2v) is 7.12. The summed E-state index contributed by atoms with van der Waals surface area (Å²) in [5, 5.41) is 0. The zero-order valence-corrected chi connectivity index (χ0v) is 18.0. The summed E-state index contributed by atoms with van der Waals surface area (Å²) >= 11 is 0. The smallest absolute Gasteiger partial charge is 0.260 e. The zero-order valence-electron chi connectivity index (χ0n) is 18.0. The highest BCUT2D eigenvalue weighted by molar-refractivity contribution is 5.99. The van der Waals surface area contributed by atoms with Gasteiger partial charge in [0.25, 0.3) is 6.29 Å². The Morgan fingerprint density at radius 2 is 1.61 bits per heavy atom.